The largest absolute Gasteiger partial charge is 0.390 e. The number of hydrogen-bond donors (Lipinski definition) is 4. The van der Waals surface area contributed by atoms with Crippen LogP contribution in [0, 0.1) is 5.92 Å². The lowest BCUT2D eigenvalue weighted by Crippen LogP contribution is -2.53. The highest BCUT2D eigenvalue weighted by Crippen LogP contribution is 2.26. The number of aliphatic hydroxyl groups is 1. The number of rotatable bonds is 7. The second-order valence-electron chi connectivity index (χ2n) is 8.81. The van der Waals surface area contributed by atoms with E-state index in [-0.39, 0.29) is 36.6 Å². The monoisotopic (exact) mass is 382 g/mol. The van der Waals surface area contributed by atoms with E-state index in [1.807, 2.05) is 0 Å². The van der Waals surface area contributed by atoms with Gasteiger partial charge in [-0.3, -0.25) is 4.79 Å². The van der Waals surface area contributed by atoms with Crippen molar-refractivity contribution in [2.24, 2.45) is 11.7 Å². The molecule has 2 saturated heterocycles. The molecule has 6 atom stereocenters. The number of carbonyl (C=O) groups is 1. The third kappa shape index (κ3) is 5.41. The molecule has 1 aliphatic carbocycles. The van der Waals surface area contributed by atoms with Crippen molar-refractivity contribution < 1.29 is 14.6 Å². The minimum absolute atomic E-state index is 0.0204. The van der Waals surface area contributed by atoms with E-state index in [0.717, 1.165) is 25.3 Å². The Morgan fingerprint density at radius 3 is 2.67 bits per heavy atom. The van der Waals surface area contributed by atoms with Crippen molar-refractivity contribution in [2.45, 2.75) is 102 Å². The van der Waals surface area contributed by atoms with Crippen LogP contribution in [-0.4, -0.2) is 65.5 Å². The van der Waals surface area contributed by atoms with Gasteiger partial charge in [-0.25, -0.2) is 10.4 Å². The second-order valence-corrected chi connectivity index (χ2v) is 8.81. The van der Waals surface area contributed by atoms with Gasteiger partial charge in [0.25, 0.3) is 0 Å². The molecule has 6 unspecified atom stereocenters. The third-order valence-electron chi connectivity index (χ3n) is 6.63. The highest BCUT2D eigenvalue weighted by molar-refractivity contribution is 5.82. The molecular formula is C20H38N4O3. The smallest absolute Gasteiger partial charge is 0.237 e. The normalized spacial score (nSPS) is 35.3. The first-order valence-corrected chi connectivity index (χ1v) is 10.8. The SMILES string of the molecule is CC1NN(CC2CCCCC2)C(C)C1NC(=O)C(N)CC(O)C1CCCO1. The van der Waals surface area contributed by atoms with Gasteiger partial charge in [-0.2, -0.15) is 0 Å². The predicted molar refractivity (Wildman–Crippen MR) is 105 cm³/mol. The Hall–Kier alpha value is -0.730. The Balaban J connectivity index is 1.47. The van der Waals surface area contributed by atoms with Gasteiger partial charge in [0, 0.05) is 25.2 Å². The van der Waals surface area contributed by atoms with Gasteiger partial charge >= 0.3 is 0 Å². The summed E-state index contributed by atoms with van der Waals surface area (Å²) in [6.07, 6.45) is 7.85. The minimum atomic E-state index is -0.712. The molecule has 2 aliphatic heterocycles. The summed E-state index contributed by atoms with van der Waals surface area (Å²) < 4.78 is 5.50. The molecule has 3 aliphatic rings. The van der Waals surface area contributed by atoms with Gasteiger partial charge in [-0.05, 0) is 51.9 Å². The standard InChI is InChI=1S/C20H38N4O3/c1-13-19(14(2)24(23-13)12-15-7-4-3-5-8-15)22-20(26)16(21)11-17(25)18-9-6-10-27-18/h13-19,23,25H,3-12,21H2,1-2H3,(H,22,26). The summed E-state index contributed by atoms with van der Waals surface area (Å²) in [5.41, 5.74) is 9.62. The Labute approximate surface area is 163 Å². The maximum Gasteiger partial charge on any atom is 0.237 e. The van der Waals surface area contributed by atoms with Crippen LogP contribution in [-0.2, 0) is 9.53 Å². The molecule has 3 fully saturated rings. The molecule has 0 spiro atoms. The lowest BCUT2D eigenvalue weighted by atomic mass is 9.89. The molecule has 1 amide bonds. The lowest BCUT2D eigenvalue weighted by molar-refractivity contribution is -0.124. The van der Waals surface area contributed by atoms with E-state index in [4.69, 9.17) is 10.5 Å². The van der Waals surface area contributed by atoms with E-state index >= 15 is 0 Å². The van der Waals surface area contributed by atoms with Crippen LogP contribution in [0.25, 0.3) is 0 Å². The van der Waals surface area contributed by atoms with Gasteiger partial charge < -0.3 is 20.9 Å². The zero-order chi connectivity index (χ0) is 19.4. The number of aliphatic hydroxyl groups excluding tert-OH is 1. The van der Waals surface area contributed by atoms with E-state index in [9.17, 15) is 9.90 Å². The molecule has 27 heavy (non-hydrogen) atoms. The van der Waals surface area contributed by atoms with Gasteiger partial charge in [0.15, 0.2) is 0 Å². The molecule has 0 aromatic carbocycles. The number of ether oxygens (including phenoxy) is 1. The Morgan fingerprint density at radius 2 is 2.00 bits per heavy atom. The van der Waals surface area contributed by atoms with Crippen molar-refractivity contribution in [3.8, 4) is 0 Å². The quantitative estimate of drug-likeness (QED) is 0.522. The molecule has 7 heteroatoms. The summed E-state index contributed by atoms with van der Waals surface area (Å²) in [5.74, 6) is 0.566. The fraction of sp³-hybridized carbons (Fsp3) is 0.950. The lowest BCUT2D eigenvalue weighted by Gasteiger charge is -2.30. The molecule has 0 radical (unpaired) electrons. The van der Waals surface area contributed by atoms with Gasteiger partial charge in [0.2, 0.25) is 5.91 Å². The summed E-state index contributed by atoms with van der Waals surface area (Å²) in [7, 11) is 0. The summed E-state index contributed by atoms with van der Waals surface area (Å²) in [5, 5.41) is 15.7. The topological polar surface area (TPSA) is 99.9 Å². The number of nitrogens with two attached hydrogens (primary N) is 1. The minimum Gasteiger partial charge on any atom is -0.390 e. The molecule has 3 rings (SSSR count). The van der Waals surface area contributed by atoms with Gasteiger partial charge in [0.1, 0.15) is 0 Å². The van der Waals surface area contributed by atoms with Gasteiger partial charge in [0.05, 0.1) is 24.3 Å². The average molecular weight is 383 g/mol. The number of nitrogens with zero attached hydrogens (tertiary/aromatic N) is 1. The number of carbonyl (C=O) groups excluding carboxylic acids is 1. The summed E-state index contributed by atoms with van der Waals surface area (Å²) in [4.78, 5) is 12.6. The molecule has 156 valence electrons. The third-order valence-corrected chi connectivity index (χ3v) is 6.63. The molecule has 0 aromatic heterocycles. The van der Waals surface area contributed by atoms with E-state index in [0.29, 0.717) is 6.61 Å². The maximum absolute atomic E-state index is 12.6. The van der Waals surface area contributed by atoms with Crippen molar-refractivity contribution in [3.05, 3.63) is 0 Å². The summed E-state index contributed by atoms with van der Waals surface area (Å²) in [6.45, 7) is 6.00. The Morgan fingerprint density at radius 1 is 1.26 bits per heavy atom. The molecule has 5 N–H and O–H groups in total. The molecule has 7 nitrogen and oxygen atoms in total. The van der Waals surface area contributed by atoms with Crippen molar-refractivity contribution in [3.63, 3.8) is 0 Å². The zero-order valence-corrected chi connectivity index (χ0v) is 16.9. The van der Waals surface area contributed by atoms with Crippen LogP contribution in [0.2, 0.25) is 0 Å². The molecule has 0 aromatic rings. The van der Waals surface area contributed by atoms with Crippen molar-refractivity contribution in [1.82, 2.24) is 15.8 Å². The zero-order valence-electron chi connectivity index (χ0n) is 16.9. The first-order valence-electron chi connectivity index (χ1n) is 10.8. The molecule has 2 heterocycles. The van der Waals surface area contributed by atoms with Crippen molar-refractivity contribution >= 4 is 5.91 Å². The van der Waals surface area contributed by atoms with Crippen LogP contribution in [0.15, 0.2) is 0 Å². The maximum atomic E-state index is 12.6. The number of hydrazine groups is 1. The van der Waals surface area contributed by atoms with Crippen LogP contribution in [0.5, 0.6) is 0 Å². The molecule has 1 saturated carbocycles. The van der Waals surface area contributed by atoms with Crippen LogP contribution in [0.3, 0.4) is 0 Å². The highest BCUT2D eigenvalue weighted by atomic mass is 16.5. The highest BCUT2D eigenvalue weighted by Gasteiger charge is 2.39. The second kappa shape index (κ2) is 9.65. The summed E-state index contributed by atoms with van der Waals surface area (Å²) >= 11 is 0. The molecule has 0 bridgehead atoms. The van der Waals surface area contributed by atoms with Crippen molar-refractivity contribution in [2.75, 3.05) is 13.2 Å². The number of amides is 1. The fourth-order valence-corrected chi connectivity index (χ4v) is 4.88. The van der Waals surface area contributed by atoms with Gasteiger partial charge in [-0.15, -0.1) is 0 Å². The van der Waals surface area contributed by atoms with Crippen LogP contribution < -0.4 is 16.5 Å². The summed E-state index contributed by atoms with van der Waals surface area (Å²) in [6, 6.07) is -0.299. The van der Waals surface area contributed by atoms with E-state index in [2.05, 4.69) is 29.6 Å². The molecular weight excluding hydrogens is 344 g/mol. The van der Waals surface area contributed by atoms with Crippen LogP contribution in [0.4, 0.5) is 0 Å². The Bertz CT molecular complexity index is 480. The van der Waals surface area contributed by atoms with E-state index < -0.39 is 12.1 Å². The van der Waals surface area contributed by atoms with E-state index in [1.54, 1.807) is 0 Å². The fourth-order valence-electron chi connectivity index (χ4n) is 4.88. The first kappa shape index (κ1) is 21.0. The van der Waals surface area contributed by atoms with E-state index in [1.165, 1.54) is 32.1 Å². The number of hydrogen-bond acceptors (Lipinski definition) is 6. The van der Waals surface area contributed by atoms with Crippen LogP contribution in [0.1, 0.15) is 65.2 Å². The Kier molecular flexibility index (Phi) is 7.50. The average Bonchev–Trinajstić information content (AvgIpc) is 3.27. The van der Waals surface area contributed by atoms with Crippen molar-refractivity contribution in [1.29, 1.82) is 0 Å². The van der Waals surface area contributed by atoms with Crippen LogP contribution >= 0.6 is 0 Å². The van der Waals surface area contributed by atoms with Gasteiger partial charge in [-0.1, -0.05) is 19.3 Å². The first-order chi connectivity index (χ1) is 13.0. The number of nitrogens with one attached hydrogen (secondary N) is 2. The predicted octanol–water partition coefficient (Wildman–Crippen LogP) is 0.906.